The SMILES string of the molecule is CCC(CC)COC(=O)[C@H](C)NP(=O)(OC[C@@]1(C)O[C@@H](n2cnc3c(N)nc(F)nc32)C[C@@H]1O)Oc1ccccc1. The number of nitrogen functional groups attached to an aromatic ring is 1. The molecule has 0 aliphatic carbocycles. The molecule has 41 heavy (non-hydrogen) atoms. The van der Waals surface area contributed by atoms with Gasteiger partial charge in [-0.1, -0.05) is 44.9 Å². The zero-order chi connectivity index (χ0) is 29.8. The summed E-state index contributed by atoms with van der Waals surface area (Å²) in [5.41, 5.74) is 4.66. The van der Waals surface area contributed by atoms with E-state index < -0.39 is 50.4 Å². The van der Waals surface area contributed by atoms with Crippen molar-refractivity contribution < 1.29 is 37.4 Å². The van der Waals surface area contributed by atoms with E-state index >= 15 is 0 Å². The second kappa shape index (κ2) is 12.8. The number of carbonyl (C=O) groups is 1. The van der Waals surface area contributed by atoms with E-state index in [0.717, 1.165) is 12.8 Å². The molecule has 1 aliphatic rings. The van der Waals surface area contributed by atoms with Crippen molar-refractivity contribution in [2.24, 2.45) is 5.92 Å². The van der Waals surface area contributed by atoms with Gasteiger partial charge in [0.15, 0.2) is 17.0 Å². The maximum atomic E-state index is 13.9. The van der Waals surface area contributed by atoms with Gasteiger partial charge in [-0.05, 0) is 31.9 Å². The van der Waals surface area contributed by atoms with Crippen molar-refractivity contribution in [2.75, 3.05) is 18.9 Å². The molecule has 1 saturated heterocycles. The van der Waals surface area contributed by atoms with Gasteiger partial charge in [-0.25, -0.2) is 9.55 Å². The van der Waals surface area contributed by atoms with Gasteiger partial charge < -0.3 is 24.8 Å². The molecule has 1 aromatic carbocycles. The summed E-state index contributed by atoms with van der Waals surface area (Å²) in [4.78, 5) is 24.0. The summed E-state index contributed by atoms with van der Waals surface area (Å²) in [7, 11) is -4.21. The van der Waals surface area contributed by atoms with Crippen molar-refractivity contribution in [3.8, 4) is 5.75 Å². The number of carbonyl (C=O) groups excluding carboxylic acids is 1. The number of hydrogen-bond acceptors (Lipinski definition) is 11. The maximum absolute atomic E-state index is 13.9. The number of aliphatic hydroxyl groups excluding tert-OH is 1. The lowest BCUT2D eigenvalue weighted by molar-refractivity contribution is -0.146. The normalized spacial score (nSPS) is 23.0. The molecule has 0 bridgehead atoms. The number of halogens is 1. The summed E-state index contributed by atoms with van der Waals surface area (Å²) in [5.74, 6) is -0.286. The third-order valence-electron chi connectivity index (χ3n) is 7.08. The smallest absolute Gasteiger partial charge is 0.459 e. The Kier molecular flexibility index (Phi) is 9.60. The molecule has 224 valence electrons. The molecule has 0 amide bonds. The second-order valence-electron chi connectivity index (χ2n) is 10.2. The predicted molar refractivity (Wildman–Crippen MR) is 147 cm³/mol. The van der Waals surface area contributed by atoms with Gasteiger partial charge >= 0.3 is 19.8 Å². The molecule has 0 spiro atoms. The Bertz CT molecular complexity index is 1390. The number of ether oxygens (including phenoxy) is 2. The lowest BCUT2D eigenvalue weighted by Crippen LogP contribution is -2.42. The molecule has 0 radical (unpaired) electrons. The Morgan fingerprint density at radius 2 is 2.02 bits per heavy atom. The summed E-state index contributed by atoms with van der Waals surface area (Å²) in [5, 5.41) is 13.6. The number of nitrogens with two attached hydrogens (primary N) is 1. The molecule has 1 unspecified atom stereocenters. The average molecular weight is 595 g/mol. The van der Waals surface area contributed by atoms with Gasteiger partial charge in [0.25, 0.3) is 0 Å². The fourth-order valence-corrected chi connectivity index (χ4v) is 5.95. The van der Waals surface area contributed by atoms with Crippen molar-refractivity contribution in [1.29, 1.82) is 0 Å². The largest absolute Gasteiger partial charge is 0.464 e. The zero-order valence-corrected chi connectivity index (χ0v) is 24.3. The number of aliphatic hydroxyl groups is 1. The van der Waals surface area contributed by atoms with Crippen molar-refractivity contribution in [3.05, 3.63) is 42.7 Å². The number of imidazole rings is 1. The van der Waals surface area contributed by atoms with Gasteiger partial charge in [0, 0.05) is 6.42 Å². The summed E-state index contributed by atoms with van der Waals surface area (Å²) < 4.78 is 52.2. The van der Waals surface area contributed by atoms with Crippen LogP contribution in [0.2, 0.25) is 0 Å². The Balaban J connectivity index is 1.49. The van der Waals surface area contributed by atoms with Crippen molar-refractivity contribution in [2.45, 2.75) is 70.9 Å². The Labute approximate surface area is 237 Å². The van der Waals surface area contributed by atoms with Crippen molar-refractivity contribution >= 4 is 30.7 Å². The number of anilines is 1. The number of hydrogen-bond donors (Lipinski definition) is 3. The van der Waals surface area contributed by atoms with Crippen molar-refractivity contribution in [3.63, 3.8) is 0 Å². The summed E-state index contributed by atoms with van der Waals surface area (Å²) >= 11 is 0. The second-order valence-corrected chi connectivity index (χ2v) is 11.9. The Morgan fingerprint density at radius 1 is 1.32 bits per heavy atom. The van der Waals surface area contributed by atoms with Gasteiger partial charge in [0.2, 0.25) is 0 Å². The van der Waals surface area contributed by atoms with E-state index in [1.807, 2.05) is 13.8 Å². The number of nitrogens with zero attached hydrogens (tertiary/aromatic N) is 4. The fraction of sp³-hybridized carbons (Fsp3) is 0.538. The van der Waals surface area contributed by atoms with Crippen LogP contribution < -0.4 is 15.3 Å². The molecule has 1 fully saturated rings. The maximum Gasteiger partial charge on any atom is 0.459 e. The number of aromatic nitrogens is 4. The van der Waals surface area contributed by atoms with E-state index in [1.165, 1.54) is 17.8 Å². The molecule has 2 aromatic heterocycles. The third-order valence-corrected chi connectivity index (χ3v) is 8.70. The average Bonchev–Trinajstić information content (AvgIpc) is 3.49. The number of rotatable bonds is 13. The molecule has 15 heteroatoms. The van der Waals surface area contributed by atoms with E-state index in [2.05, 4.69) is 20.0 Å². The minimum atomic E-state index is -4.21. The first-order valence-corrected chi connectivity index (χ1v) is 15.0. The summed E-state index contributed by atoms with van der Waals surface area (Å²) in [6.45, 7) is 6.94. The molecule has 4 rings (SSSR count). The van der Waals surface area contributed by atoms with Gasteiger partial charge in [0.1, 0.15) is 23.6 Å². The highest BCUT2D eigenvalue weighted by Crippen LogP contribution is 2.48. The first-order valence-electron chi connectivity index (χ1n) is 13.4. The van der Waals surface area contributed by atoms with Crippen LogP contribution >= 0.6 is 7.75 Å². The Hall–Kier alpha value is -3.16. The first kappa shape index (κ1) is 30.8. The molecule has 3 heterocycles. The molecule has 1 aliphatic heterocycles. The minimum Gasteiger partial charge on any atom is -0.464 e. The van der Waals surface area contributed by atoms with E-state index in [-0.39, 0.29) is 41.7 Å². The topological polar surface area (TPSA) is 173 Å². The molecule has 0 saturated carbocycles. The third kappa shape index (κ3) is 7.19. The quantitative estimate of drug-likeness (QED) is 0.149. The summed E-state index contributed by atoms with van der Waals surface area (Å²) in [6, 6.07) is 7.28. The Morgan fingerprint density at radius 3 is 2.71 bits per heavy atom. The van der Waals surface area contributed by atoms with Crippen LogP contribution in [-0.2, 0) is 23.4 Å². The van der Waals surface area contributed by atoms with Crippen LogP contribution in [0.15, 0.2) is 36.7 Å². The lowest BCUT2D eigenvalue weighted by atomic mass is 10.0. The van der Waals surface area contributed by atoms with E-state index in [4.69, 9.17) is 24.3 Å². The highest BCUT2D eigenvalue weighted by Gasteiger charge is 2.48. The highest BCUT2D eigenvalue weighted by atomic mass is 31.2. The lowest BCUT2D eigenvalue weighted by Gasteiger charge is -2.30. The number of esters is 1. The molecule has 13 nitrogen and oxygen atoms in total. The van der Waals surface area contributed by atoms with Crippen LogP contribution in [0.1, 0.15) is 53.2 Å². The number of fused-ring (bicyclic) bond motifs is 1. The predicted octanol–water partition coefficient (Wildman–Crippen LogP) is 3.75. The number of benzene rings is 1. The van der Waals surface area contributed by atoms with Crippen LogP contribution in [0.25, 0.3) is 11.2 Å². The minimum absolute atomic E-state index is 0.0624. The summed E-state index contributed by atoms with van der Waals surface area (Å²) in [6.07, 6.45) is 0.192. The van der Waals surface area contributed by atoms with E-state index in [0.29, 0.717) is 0 Å². The molecule has 5 atom stereocenters. The number of nitrogens with one attached hydrogen (secondary N) is 1. The van der Waals surface area contributed by atoms with Crippen LogP contribution in [-0.4, -0.2) is 61.6 Å². The first-order chi connectivity index (χ1) is 19.5. The van der Waals surface area contributed by atoms with Crippen LogP contribution in [0.3, 0.4) is 0 Å². The van der Waals surface area contributed by atoms with Gasteiger partial charge in [0.05, 0.1) is 25.6 Å². The molecular weight excluding hydrogens is 558 g/mol. The van der Waals surface area contributed by atoms with Crippen LogP contribution in [0, 0.1) is 12.0 Å². The standard InChI is InChI=1S/C26H36FN6O7P/c1-5-17(6-2)13-37-24(35)16(3)32-41(36,40-18-10-8-7-9-11-18)38-14-26(4)19(34)12-20(39-26)33-15-29-21-22(28)30-25(27)31-23(21)33/h7-11,15-17,19-20,34H,5-6,12-14H2,1-4H3,(H,32,36)(H2,28,30,31)/t16-,19-,20+,26+,41?/m0/s1. The van der Waals surface area contributed by atoms with Crippen molar-refractivity contribution in [1.82, 2.24) is 24.6 Å². The molecule has 3 aromatic rings. The van der Waals surface area contributed by atoms with E-state index in [1.54, 1.807) is 37.3 Å². The van der Waals surface area contributed by atoms with Crippen LogP contribution in [0.4, 0.5) is 10.2 Å². The molecular formula is C26H36FN6O7P. The highest BCUT2D eigenvalue weighted by molar-refractivity contribution is 7.52. The van der Waals surface area contributed by atoms with Gasteiger partial charge in [-0.3, -0.25) is 13.9 Å². The van der Waals surface area contributed by atoms with Gasteiger partial charge in [-0.15, -0.1) is 0 Å². The van der Waals surface area contributed by atoms with E-state index in [9.17, 15) is 18.9 Å². The van der Waals surface area contributed by atoms with Gasteiger partial charge in [-0.2, -0.15) is 19.4 Å². The van der Waals surface area contributed by atoms with Crippen LogP contribution in [0.5, 0.6) is 5.75 Å². The molecule has 4 N–H and O–H groups in total. The number of para-hydroxylation sites is 1. The monoisotopic (exact) mass is 594 g/mol. The zero-order valence-electron chi connectivity index (χ0n) is 23.4. The fourth-order valence-electron chi connectivity index (χ4n) is 4.36.